The van der Waals surface area contributed by atoms with Crippen molar-refractivity contribution in [2.75, 3.05) is 0 Å². The minimum absolute atomic E-state index is 1.04. The second-order valence-electron chi connectivity index (χ2n) is 8.89. The second kappa shape index (κ2) is 23.0. The molecule has 0 radical (unpaired) electrons. The second-order valence-corrected chi connectivity index (χ2v) is 8.89. The average Bonchev–Trinajstić information content (AvgIpc) is 2.65. The van der Waals surface area contributed by atoms with Gasteiger partial charge in [-0.1, -0.05) is 162 Å². The summed E-state index contributed by atoms with van der Waals surface area (Å²) >= 11 is 0. The van der Waals surface area contributed by atoms with E-state index in [1.54, 1.807) is 0 Å². The lowest BCUT2D eigenvalue weighted by Crippen LogP contribution is -2.00. The molecular formula is C26H54. The lowest BCUT2D eigenvalue weighted by Gasteiger charge is -2.16. The van der Waals surface area contributed by atoms with Crippen LogP contribution in [0.25, 0.3) is 0 Å². The molecule has 0 spiro atoms. The predicted molar refractivity (Wildman–Crippen MR) is 122 cm³/mol. The Bertz CT molecular complexity index is 210. The van der Waals surface area contributed by atoms with Gasteiger partial charge in [0.1, 0.15) is 0 Å². The molecule has 158 valence electrons. The highest BCUT2D eigenvalue weighted by Crippen LogP contribution is 2.23. The van der Waals surface area contributed by atoms with Gasteiger partial charge in [0.15, 0.2) is 0 Å². The van der Waals surface area contributed by atoms with Crippen LogP contribution in [0.15, 0.2) is 0 Å². The third-order valence-corrected chi connectivity index (χ3v) is 6.13. The molecule has 0 aliphatic rings. The van der Waals surface area contributed by atoms with Gasteiger partial charge in [0.2, 0.25) is 0 Å². The Morgan fingerprint density at radius 3 is 0.923 bits per heavy atom. The van der Waals surface area contributed by atoms with Crippen molar-refractivity contribution in [3.8, 4) is 0 Å². The molecule has 0 N–H and O–H groups in total. The number of unbranched alkanes of at least 4 members (excludes halogenated alkanes) is 16. The average molecular weight is 367 g/mol. The molecule has 0 bridgehead atoms. The molecule has 0 aliphatic heterocycles. The van der Waals surface area contributed by atoms with Crippen molar-refractivity contribution in [1.29, 1.82) is 0 Å². The summed E-state index contributed by atoms with van der Waals surface area (Å²) in [4.78, 5) is 0. The monoisotopic (exact) mass is 366 g/mol. The Labute approximate surface area is 168 Å². The first-order chi connectivity index (χ1) is 12.8. The van der Waals surface area contributed by atoms with Crippen molar-refractivity contribution < 1.29 is 0 Å². The smallest absolute Gasteiger partial charge is 0.0414 e. The molecule has 0 aromatic carbocycles. The van der Waals surface area contributed by atoms with Crippen molar-refractivity contribution in [1.82, 2.24) is 0 Å². The molecule has 0 atom stereocenters. The molecule has 0 aromatic rings. The van der Waals surface area contributed by atoms with Crippen LogP contribution < -0.4 is 0 Å². The molecule has 0 aromatic heterocycles. The summed E-state index contributed by atoms with van der Waals surface area (Å²) in [6.07, 6.45) is 32.3. The van der Waals surface area contributed by atoms with Gasteiger partial charge in [-0.25, -0.2) is 0 Å². The van der Waals surface area contributed by atoms with Crippen LogP contribution in [0.2, 0.25) is 0 Å². The minimum Gasteiger partial charge on any atom is -0.0654 e. The Morgan fingerprint density at radius 2 is 0.615 bits per heavy atom. The summed E-state index contributed by atoms with van der Waals surface area (Å²) < 4.78 is 0. The van der Waals surface area contributed by atoms with E-state index in [-0.39, 0.29) is 0 Å². The summed E-state index contributed by atoms with van der Waals surface area (Å²) in [5.74, 6) is 1.04. The van der Waals surface area contributed by atoms with Gasteiger partial charge in [0, 0.05) is 0 Å². The van der Waals surface area contributed by atoms with Crippen LogP contribution in [-0.2, 0) is 0 Å². The van der Waals surface area contributed by atoms with Gasteiger partial charge in [0.05, 0.1) is 0 Å². The molecule has 0 amide bonds. The lowest BCUT2D eigenvalue weighted by molar-refractivity contribution is 0.377. The van der Waals surface area contributed by atoms with E-state index in [1.165, 1.54) is 141 Å². The van der Waals surface area contributed by atoms with Crippen molar-refractivity contribution in [3.05, 3.63) is 0 Å². The van der Waals surface area contributed by atoms with Crippen LogP contribution >= 0.6 is 0 Å². The summed E-state index contributed by atoms with van der Waals surface area (Å²) in [7, 11) is 0. The molecule has 0 saturated carbocycles. The maximum Gasteiger partial charge on any atom is -0.0414 e. The van der Waals surface area contributed by atoms with Gasteiger partial charge in [0.25, 0.3) is 0 Å². The van der Waals surface area contributed by atoms with E-state index in [0.29, 0.717) is 0 Å². The third-order valence-electron chi connectivity index (χ3n) is 6.13. The first-order valence-electron chi connectivity index (χ1n) is 12.8. The van der Waals surface area contributed by atoms with Crippen LogP contribution in [-0.4, -0.2) is 0 Å². The van der Waals surface area contributed by atoms with Gasteiger partial charge in [-0.05, 0) is 5.92 Å². The minimum atomic E-state index is 1.04. The van der Waals surface area contributed by atoms with Crippen LogP contribution in [0.1, 0.15) is 162 Å². The van der Waals surface area contributed by atoms with Crippen LogP contribution in [0.4, 0.5) is 0 Å². The Hall–Kier alpha value is 0. The molecule has 0 aliphatic carbocycles. The summed E-state index contributed by atoms with van der Waals surface area (Å²) in [5.41, 5.74) is 0. The molecule has 0 rings (SSSR count). The highest BCUT2D eigenvalue weighted by Gasteiger charge is 2.07. The van der Waals surface area contributed by atoms with Gasteiger partial charge in [-0.15, -0.1) is 0 Å². The first kappa shape index (κ1) is 26.0. The van der Waals surface area contributed by atoms with E-state index in [1.807, 2.05) is 0 Å². The maximum absolute atomic E-state index is 2.37. The Kier molecular flexibility index (Phi) is 23.0. The number of rotatable bonds is 22. The van der Waals surface area contributed by atoms with E-state index in [0.717, 1.165) is 5.92 Å². The SMILES string of the molecule is CCCCCCCCCCCC(CCC)CCCCCCCCCCC. The first-order valence-corrected chi connectivity index (χ1v) is 12.8. The largest absolute Gasteiger partial charge is 0.0654 e. The van der Waals surface area contributed by atoms with Crippen molar-refractivity contribution >= 4 is 0 Å². The van der Waals surface area contributed by atoms with Gasteiger partial charge in [-0.3, -0.25) is 0 Å². The quantitative estimate of drug-likeness (QED) is 0.167. The fourth-order valence-electron chi connectivity index (χ4n) is 4.33. The lowest BCUT2D eigenvalue weighted by atomic mass is 9.90. The molecule has 26 heavy (non-hydrogen) atoms. The van der Waals surface area contributed by atoms with Crippen LogP contribution in [0.3, 0.4) is 0 Å². The topological polar surface area (TPSA) is 0 Å². The molecule has 0 heteroatoms. The Morgan fingerprint density at radius 1 is 0.308 bits per heavy atom. The van der Waals surface area contributed by atoms with Gasteiger partial charge < -0.3 is 0 Å². The van der Waals surface area contributed by atoms with Gasteiger partial charge >= 0.3 is 0 Å². The fraction of sp³-hybridized carbons (Fsp3) is 1.00. The molecule has 0 nitrogen and oxygen atoms in total. The van der Waals surface area contributed by atoms with Crippen LogP contribution in [0, 0.1) is 5.92 Å². The van der Waals surface area contributed by atoms with Crippen LogP contribution in [0.5, 0.6) is 0 Å². The molecule has 0 fully saturated rings. The van der Waals surface area contributed by atoms with Crippen molar-refractivity contribution in [2.24, 2.45) is 5.92 Å². The van der Waals surface area contributed by atoms with Gasteiger partial charge in [-0.2, -0.15) is 0 Å². The standard InChI is InChI=1S/C26H54/c1-4-7-9-11-13-15-17-19-21-24-26(23-6-3)25-22-20-18-16-14-12-10-8-5-2/h26H,4-25H2,1-3H3. The molecule has 0 saturated heterocycles. The third kappa shape index (κ3) is 20.3. The van der Waals surface area contributed by atoms with E-state index >= 15 is 0 Å². The summed E-state index contributed by atoms with van der Waals surface area (Å²) in [6.45, 7) is 6.99. The molecule has 0 unspecified atom stereocenters. The van der Waals surface area contributed by atoms with Crippen molar-refractivity contribution in [2.45, 2.75) is 162 Å². The fourth-order valence-corrected chi connectivity index (χ4v) is 4.33. The number of hydrogen-bond acceptors (Lipinski definition) is 0. The molecular weight excluding hydrogens is 312 g/mol. The van der Waals surface area contributed by atoms with E-state index in [9.17, 15) is 0 Å². The zero-order chi connectivity index (χ0) is 19.1. The zero-order valence-electron chi connectivity index (χ0n) is 19.1. The predicted octanol–water partition coefficient (Wildman–Crippen LogP) is 10.2. The maximum atomic E-state index is 2.37. The van der Waals surface area contributed by atoms with Crippen molar-refractivity contribution in [3.63, 3.8) is 0 Å². The van der Waals surface area contributed by atoms with E-state index < -0.39 is 0 Å². The zero-order valence-corrected chi connectivity index (χ0v) is 19.1. The van der Waals surface area contributed by atoms with E-state index in [4.69, 9.17) is 0 Å². The Balaban J connectivity index is 3.42. The highest BCUT2D eigenvalue weighted by atomic mass is 14.1. The van der Waals surface area contributed by atoms with E-state index in [2.05, 4.69) is 20.8 Å². The highest BCUT2D eigenvalue weighted by molar-refractivity contribution is 4.61. The normalized spacial score (nSPS) is 11.5. The summed E-state index contributed by atoms with van der Waals surface area (Å²) in [6, 6.07) is 0. The summed E-state index contributed by atoms with van der Waals surface area (Å²) in [5, 5.41) is 0. The number of hydrogen-bond donors (Lipinski definition) is 0. The molecule has 0 heterocycles.